The van der Waals surface area contributed by atoms with E-state index >= 15 is 0 Å². The number of alkyl carbamates (subject to hydrolysis) is 1. The number of ether oxygens (including phenoxy) is 3. The molecule has 6 fully saturated rings. The van der Waals surface area contributed by atoms with Crippen LogP contribution < -0.4 is 11.1 Å². The minimum atomic E-state index is -0.674. The number of amides is 5. The van der Waals surface area contributed by atoms with Crippen LogP contribution in [-0.4, -0.2) is 128 Å². The van der Waals surface area contributed by atoms with Crippen molar-refractivity contribution in [2.45, 2.75) is 165 Å². The molecule has 0 bridgehead atoms. The van der Waals surface area contributed by atoms with Crippen LogP contribution in [-0.2, 0) is 37.0 Å². The van der Waals surface area contributed by atoms with Crippen LogP contribution in [0.5, 0.6) is 0 Å². The summed E-state index contributed by atoms with van der Waals surface area (Å²) in [5.74, 6) is 0.141. The van der Waals surface area contributed by atoms with E-state index in [1.54, 1.807) is 0 Å². The average molecular weight is 1100 g/mol. The highest BCUT2D eigenvalue weighted by molar-refractivity contribution is 5.89. The van der Waals surface area contributed by atoms with Crippen LogP contribution in [0.1, 0.15) is 132 Å². The summed E-state index contributed by atoms with van der Waals surface area (Å²) in [6.07, 6.45) is 14.8. The number of hydrogen-bond donors (Lipinski definition) is 4. The smallest absolute Gasteiger partial charge is 0.410 e. The lowest BCUT2D eigenvalue weighted by Crippen LogP contribution is -2.55. The molecule has 0 radical (unpaired) electrons. The van der Waals surface area contributed by atoms with E-state index in [4.69, 9.17) is 19.9 Å². The van der Waals surface area contributed by atoms with Crippen LogP contribution in [0.3, 0.4) is 0 Å². The van der Waals surface area contributed by atoms with Crippen LogP contribution in [0, 0.1) is 11.8 Å². The van der Waals surface area contributed by atoms with Crippen LogP contribution in [0.15, 0.2) is 122 Å². The second-order valence-corrected chi connectivity index (χ2v) is 24.4. The Bertz CT molecular complexity index is 3140. The maximum absolute atomic E-state index is 14.6. The summed E-state index contributed by atoms with van der Waals surface area (Å²) in [6.45, 7) is 8.00. The van der Waals surface area contributed by atoms with Crippen molar-refractivity contribution in [3.63, 3.8) is 0 Å². The topological polar surface area (TPSA) is 196 Å². The van der Waals surface area contributed by atoms with Gasteiger partial charge in [-0.2, -0.15) is 0 Å². The first kappa shape index (κ1) is 55.6. The highest BCUT2D eigenvalue weighted by Gasteiger charge is 2.56. The average Bonchev–Trinajstić information content (AvgIpc) is 4.51. The van der Waals surface area contributed by atoms with Gasteiger partial charge < -0.3 is 54.8 Å². The Morgan fingerprint density at radius 3 is 1.46 bits per heavy atom. The van der Waals surface area contributed by atoms with E-state index in [0.29, 0.717) is 32.6 Å². The lowest BCUT2D eigenvalue weighted by atomic mass is 9.83. The largest absolute Gasteiger partial charge is 0.445 e. The van der Waals surface area contributed by atoms with Crippen LogP contribution in [0.25, 0.3) is 21.8 Å². The number of nitrogens with zero attached hydrogens (tertiary/aromatic N) is 4. The molecule has 0 spiro atoms. The second-order valence-electron chi connectivity index (χ2n) is 24.4. The van der Waals surface area contributed by atoms with Gasteiger partial charge in [0.05, 0.1) is 30.2 Å². The number of nitrogens with one attached hydrogen (secondary N) is 3. The molecule has 4 aliphatic heterocycles. The number of nitrogens with two attached hydrogens (primary N) is 1. The van der Waals surface area contributed by atoms with Crippen molar-refractivity contribution in [1.29, 1.82) is 0 Å². The Balaban J connectivity index is 0.000000173. The number of benzene rings is 4. The van der Waals surface area contributed by atoms with Gasteiger partial charge in [0.2, 0.25) is 11.8 Å². The van der Waals surface area contributed by atoms with Gasteiger partial charge in [0.1, 0.15) is 24.9 Å². The van der Waals surface area contributed by atoms with E-state index < -0.39 is 23.8 Å². The zero-order chi connectivity index (χ0) is 56.2. The number of para-hydroxylation sites is 2. The highest BCUT2D eigenvalue weighted by atomic mass is 16.6. The molecule has 16 nitrogen and oxygen atoms in total. The van der Waals surface area contributed by atoms with Crippen molar-refractivity contribution in [2.75, 3.05) is 26.2 Å². The molecule has 4 saturated heterocycles. The molecule has 6 aromatic rings. The van der Waals surface area contributed by atoms with Crippen LogP contribution >= 0.6 is 0 Å². The van der Waals surface area contributed by atoms with E-state index in [1.165, 1.54) is 6.42 Å². The van der Waals surface area contributed by atoms with Crippen molar-refractivity contribution in [1.82, 2.24) is 34.9 Å². The monoisotopic (exact) mass is 1100 g/mol. The summed E-state index contributed by atoms with van der Waals surface area (Å²) in [4.78, 5) is 82.8. The van der Waals surface area contributed by atoms with Gasteiger partial charge in [-0.15, -0.1) is 0 Å². The fourth-order valence-electron chi connectivity index (χ4n) is 14.4. The fraction of sp³-hybridized carbons (Fsp3) is 0.492. The molecule has 5 amide bonds. The summed E-state index contributed by atoms with van der Waals surface area (Å²) in [6, 6.07) is 34.0. The molecule has 2 aromatic heterocycles. The molecule has 8 atom stereocenters. The van der Waals surface area contributed by atoms with E-state index in [1.807, 2.05) is 144 Å². The first-order valence-corrected chi connectivity index (χ1v) is 29.7. The third-order valence-corrected chi connectivity index (χ3v) is 18.2. The lowest BCUT2D eigenvalue weighted by Gasteiger charge is -2.36. The predicted octanol–water partition coefficient (Wildman–Crippen LogP) is 11.1. The minimum absolute atomic E-state index is 0.00423. The quantitative estimate of drug-likeness (QED) is 0.0913. The molecular formula is C65H80N8O8. The molecule has 2 aliphatic carbocycles. The Labute approximate surface area is 475 Å². The van der Waals surface area contributed by atoms with Crippen molar-refractivity contribution in [3.05, 3.63) is 144 Å². The van der Waals surface area contributed by atoms with Gasteiger partial charge in [-0.05, 0) is 106 Å². The van der Waals surface area contributed by atoms with Crippen molar-refractivity contribution in [2.24, 2.45) is 17.6 Å². The number of rotatable bonds is 11. The Morgan fingerprint density at radius 1 is 0.556 bits per heavy atom. The summed E-state index contributed by atoms with van der Waals surface area (Å²) >= 11 is 0. The summed E-state index contributed by atoms with van der Waals surface area (Å²) in [7, 11) is 0. The molecule has 6 aliphatic rings. The van der Waals surface area contributed by atoms with Crippen molar-refractivity contribution in [3.8, 4) is 0 Å². The van der Waals surface area contributed by atoms with Gasteiger partial charge in [-0.1, -0.05) is 136 Å². The van der Waals surface area contributed by atoms with E-state index in [2.05, 4.69) is 33.5 Å². The summed E-state index contributed by atoms with van der Waals surface area (Å²) < 4.78 is 17.2. The van der Waals surface area contributed by atoms with Crippen molar-refractivity contribution >= 4 is 51.9 Å². The minimum Gasteiger partial charge on any atom is -0.445 e. The summed E-state index contributed by atoms with van der Waals surface area (Å²) in [5, 5.41) is 5.22. The van der Waals surface area contributed by atoms with Gasteiger partial charge in [0.25, 0.3) is 0 Å². The Hall–Kier alpha value is -7.33. The molecule has 0 unspecified atom stereocenters. The number of aromatic amines is 2. The number of carbonyl (C=O) groups is 5. The van der Waals surface area contributed by atoms with Crippen LogP contribution in [0.4, 0.5) is 14.4 Å². The molecule has 16 heteroatoms. The molecule has 12 rings (SSSR count). The predicted molar refractivity (Wildman–Crippen MR) is 311 cm³/mol. The molecule has 5 N–H and O–H groups in total. The number of carbonyl (C=O) groups excluding carboxylic acids is 5. The normalized spacial score (nSPS) is 23.8. The maximum Gasteiger partial charge on any atom is 0.410 e. The number of aromatic nitrogens is 2. The van der Waals surface area contributed by atoms with E-state index in [0.717, 1.165) is 108 Å². The van der Waals surface area contributed by atoms with Crippen molar-refractivity contribution < 1.29 is 38.2 Å². The number of likely N-dealkylation sites (tertiary alicyclic amines) is 4. The zero-order valence-electron chi connectivity index (χ0n) is 47.2. The Kier molecular flexibility index (Phi) is 16.7. The maximum atomic E-state index is 14.6. The fourth-order valence-corrected chi connectivity index (χ4v) is 14.4. The second kappa shape index (κ2) is 24.4. The first-order valence-electron chi connectivity index (χ1n) is 29.7. The van der Waals surface area contributed by atoms with Gasteiger partial charge in [0, 0.05) is 72.2 Å². The van der Waals surface area contributed by atoms with Gasteiger partial charge >= 0.3 is 18.3 Å². The molecule has 4 aromatic carbocycles. The van der Waals surface area contributed by atoms with E-state index in [9.17, 15) is 24.0 Å². The molecule has 2 saturated carbocycles. The Morgan fingerprint density at radius 2 is 0.988 bits per heavy atom. The van der Waals surface area contributed by atoms with Crippen LogP contribution in [0.2, 0.25) is 0 Å². The van der Waals surface area contributed by atoms with Gasteiger partial charge in [0.15, 0.2) is 0 Å². The number of fused-ring (bicyclic) bond motifs is 4. The molecular weight excluding hydrogens is 1020 g/mol. The molecule has 6 heterocycles. The van der Waals surface area contributed by atoms with Gasteiger partial charge in [-0.3, -0.25) is 9.59 Å². The number of H-pyrrole nitrogens is 2. The third kappa shape index (κ3) is 12.0. The zero-order valence-corrected chi connectivity index (χ0v) is 47.2. The number of hydrogen-bond acceptors (Lipinski definition) is 9. The van der Waals surface area contributed by atoms with Gasteiger partial charge in [-0.25, -0.2) is 14.4 Å². The van der Waals surface area contributed by atoms with E-state index in [-0.39, 0.29) is 85.1 Å². The molecule has 81 heavy (non-hydrogen) atoms. The first-order chi connectivity index (χ1) is 39.3. The SMILES string of the molecule is CC(C)(C)OC(=O)N[C@H](C(=O)N1CC[C@@H]2[C@H]1[C@@H](c1c[nH]c3ccccc13)CN2C(=O)OCc1ccccc1)C1CCCCC1.N[C@H](C(=O)N1CC[C@@H]2[C@H]1[C@@H](c1c[nH]c3ccccc13)CN2C(=O)OCc1ccccc1)C1CCCCC1. The third-order valence-electron chi connectivity index (χ3n) is 18.2. The highest BCUT2D eigenvalue weighted by Crippen LogP contribution is 2.46. The molecule has 428 valence electrons. The lowest BCUT2D eigenvalue weighted by molar-refractivity contribution is -0.136. The standard InChI is InChI=1S/C35H44N4O5.C30H36N4O3/c1-35(2,3)44-33(41)37-30(24-14-8-5-9-15-24)32(40)38-19-18-29-31(38)27(26-20-36-28-17-11-10-16-25(26)28)21-39(29)34(42)43-22-23-12-6-4-7-13-23;31-27(21-11-5-2-6-12-21)29(35)33-16-15-26-28(33)24(23-17-32-25-14-8-7-13-22(23)25)18-34(26)30(36)37-19-20-9-3-1-4-10-20/h4,6-7,10-13,16-17,20,24,27,29-31,36H,5,8-9,14-15,18-19,21-22H2,1-3H3,(H,37,41);1,3-4,7-10,13-14,17,21,24,26-28,32H,2,5-6,11-12,15-16,18-19,31H2/t27-,29-,30+,31-;24-,26-,27+,28-/m11/s1. The summed E-state index contributed by atoms with van der Waals surface area (Å²) in [5.41, 5.74) is 12.1.